The summed E-state index contributed by atoms with van der Waals surface area (Å²) in [6.07, 6.45) is 4.23. The average Bonchev–Trinajstić information content (AvgIpc) is 2.38. The normalized spacial score (nSPS) is 24.8. The second-order valence-corrected chi connectivity index (χ2v) is 4.52. The summed E-state index contributed by atoms with van der Waals surface area (Å²) < 4.78 is 15.8. The van der Waals surface area contributed by atoms with Crippen LogP contribution in [-0.2, 0) is 23.8 Å². The molecule has 1 aliphatic heterocycles. The van der Waals surface area contributed by atoms with E-state index in [0.29, 0.717) is 12.8 Å². The van der Waals surface area contributed by atoms with E-state index in [1.54, 1.807) is 6.08 Å². The van der Waals surface area contributed by atoms with Gasteiger partial charge in [0.2, 0.25) is 0 Å². The Kier molecular flexibility index (Phi) is 6.74. The van der Waals surface area contributed by atoms with Crippen LogP contribution in [-0.4, -0.2) is 36.9 Å². The summed E-state index contributed by atoms with van der Waals surface area (Å²) in [5.41, 5.74) is 0. The van der Waals surface area contributed by atoms with Crippen molar-refractivity contribution in [3.05, 3.63) is 12.2 Å². The molecule has 0 saturated carbocycles. The Hall–Kier alpha value is -1.87. The molecule has 1 rings (SSSR count). The predicted octanol–water partition coefficient (Wildman–Crippen LogP) is 1.50. The first-order chi connectivity index (χ1) is 9.52. The lowest BCUT2D eigenvalue weighted by molar-refractivity contribution is -0.163. The Bertz CT molecular complexity index is 412. The first kappa shape index (κ1) is 16.2. The van der Waals surface area contributed by atoms with Crippen molar-refractivity contribution < 1.29 is 23.8 Å². The molecule has 1 aliphatic rings. The number of hydrogen-bond acceptors (Lipinski definition) is 6. The number of nitrogens with zero attached hydrogens (tertiary/aromatic N) is 1. The molecule has 0 aromatic heterocycles. The SMILES string of the molecule is CC(=O)OC[C@H]1OC(CCCC#N)C=C[C@@H]1OC(C)=O. The second kappa shape index (κ2) is 8.33. The minimum absolute atomic E-state index is 0.0341. The summed E-state index contributed by atoms with van der Waals surface area (Å²) in [4.78, 5) is 21.9. The van der Waals surface area contributed by atoms with Crippen molar-refractivity contribution in [1.82, 2.24) is 0 Å². The highest BCUT2D eigenvalue weighted by Crippen LogP contribution is 2.20. The number of nitriles is 1. The van der Waals surface area contributed by atoms with Crippen LogP contribution in [0.3, 0.4) is 0 Å². The van der Waals surface area contributed by atoms with Gasteiger partial charge in [0.05, 0.1) is 12.2 Å². The quantitative estimate of drug-likeness (QED) is 0.416. The van der Waals surface area contributed by atoms with Gasteiger partial charge in [-0.3, -0.25) is 9.59 Å². The molecule has 0 radical (unpaired) electrons. The number of hydrogen-bond donors (Lipinski definition) is 0. The molecule has 0 spiro atoms. The molecule has 0 aliphatic carbocycles. The number of unbranched alkanes of at least 4 members (excludes halogenated alkanes) is 1. The molecule has 0 aromatic rings. The zero-order valence-electron chi connectivity index (χ0n) is 11.7. The minimum Gasteiger partial charge on any atom is -0.463 e. The van der Waals surface area contributed by atoms with Crippen LogP contribution in [0.2, 0.25) is 0 Å². The van der Waals surface area contributed by atoms with Crippen molar-refractivity contribution in [2.24, 2.45) is 0 Å². The molecule has 1 unspecified atom stereocenters. The van der Waals surface area contributed by atoms with E-state index in [0.717, 1.165) is 6.42 Å². The summed E-state index contributed by atoms with van der Waals surface area (Å²) in [6.45, 7) is 2.66. The maximum atomic E-state index is 11.0. The third kappa shape index (κ3) is 5.85. The number of rotatable bonds is 6. The van der Waals surface area contributed by atoms with Crippen molar-refractivity contribution in [2.45, 2.75) is 51.4 Å². The van der Waals surface area contributed by atoms with Crippen LogP contribution in [0.5, 0.6) is 0 Å². The molecule has 0 aromatic carbocycles. The van der Waals surface area contributed by atoms with Gasteiger partial charge in [-0.1, -0.05) is 6.08 Å². The fourth-order valence-electron chi connectivity index (χ4n) is 1.89. The van der Waals surface area contributed by atoms with Crippen LogP contribution in [0.4, 0.5) is 0 Å². The van der Waals surface area contributed by atoms with Gasteiger partial charge in [-0.05, 0) is 18.9 Å². The minimum atomic E-state index is -0.556. The lowest BCUT2D eigenvalue weighted by atomic mass is 10.1. The molecule has 1 heterocycles. The van der Waals surface area contributed by atoms with Crippen LogP contribution < -0.4 is 0 Å². The standard InChI is InChI=1S/C14H19NO5/c1-10(16)18-9-14-13(19-11(2)17)7-6-12(20-14)5-3-4-8-15/h6-7,12-14H,3-5,9H2,1-2H3/t12?,13-,14+/m0/s1. The lowest BCUT2D eigenvalue weighted by Crippen LogP contribution is -2.41. The molecule has 0 fully saturated rings. The first-order valence-electron chi connectivity index (χ1n) is 6.54. The Morgan fingerprint density at radius 1 is 1.30 bits per heavy atom. The zero-order valence-corrected chi connectivity index (χ0v) is 11.7. The first-order valence-corrected chi connectivity index (χ1v) is 6.54. The van der Waals surface area contributed by atoms with Crippen LogP contribution in [0.15, 0.2) is 12.2 Å². The van der Waals surface area contributed by atoms with E-state index in [-0.39, 0.29) is 12.7 Å². The smallest absolute Gasteiger partial charge is 0.303 e. The van der Waals surface area contributed by atoms with Gasteiger partial charge in [-0.2, -0.15) is 5.26 Å². The third-order valence-electron chi connectivity index (χ3n) is 2.76. The van der Waals surface area contributed by atoms with Gasteiger partial charge in [0.25, 0.3) is 0 Å². The molecule has 0 amide bonds. The highest BCUT2D eigenvalue weighted by Gasteiger charge is 2.30. The molecule has 0 N–H and O–H groups in total. The van der Waals surface area contributed by atoms with E-state index in [1.165, 1.54) is 13.8 Å². The third-order valence-corrected chi connectivity index (χ3v) is 2.76. The van der Waals surface area contributed by atoms with Crippen molar-refractivity contribution in [3.63, 3.8) is 0 Å². The second-order valence-electron chi connectivity index (χ2n) is 4.52. The highest BCUT2D eigenvalue weighted by molar-refractivity contribution is 5.66. The maximum absolute atomic E-state index is 11.0. The largest absolute Gasteiger partial charge is 0.463 e. The summed E-state index contributed by atoms with van der Waals surface area (Å²) in [5.74, 6) is -0.829. The summed E-state index contributed by atoms with van der Waals surface area (Å²) >= 11 is 0. The van der Waals surface area contributed by atoms with Crippen molar-refractivity contribution in [2.75, 3.05) is 6.61 Å². The maximum Gasteiger partial charge on any atom is 0.303 e. The van der Waals surface area contributed by atoms with Crippen molar-refractivity contribution >= 4 is 11.9 Å². The van der Waals surface area contributed by atoms with Crippen LogP contribution in [0.1, 0.15) is 33.1 Å². The van der Waals surface area contributed by atoms with E-state index in [4.69, 9.17) is 19.5 Å². The van der Waals surface area contributed by atoms with Crippen LogP contribution in [0.25, 0.3) is 0 Å². The van der Waals surface area contributed by atoms with Gasteiger partial charge in [-0.25, -0.2) is 0 Å². The average molecular weight is 281 g/mol. The topological polar surface area (TPSA) is 85.6 Å². The van der Waals surface area contributed by atoms with Crippen molar-refractivity contribution in [1.29, 1.82) is 5.26 Å². The predicted molar refractivity (Wildman–Crippen MR) is 69.5 cm³/mol. The Balaban J connectivity index is 2.59. The van der Waals surface area contributed by atoms with E-state index < -0.39 is 24.1 Å². The lowest BCUT2D eigenvalue weighted by Gasteiger charge is -2.31. The highest BCUT2D eigenvalue weighted by atomic mass is 16.6. The van der Waals surface area contributed by atoms with E-state index in [2.05, 4.69) is 6.07 Å². The van der Waals surface area contributed by atoms with Gasteiger partial charge in [0.15, 0.2) is 0 Å². The number of ether oxygens (including phenoxy) is 3. The van der Waals surface area contributed by atoms with Crippen LogP contribution >= 0.6 is 0 Å². The monoisotopic (exact) mass is 281 g/mol. The van der Waals surface area contributed by atoms with E-state index >= 15 is 0 Å². The number of carbonyl (C=O) groups excluding carboxylic acids is 2. The number of carbonyl (C=O) groups is 2. The van der Waals surface area contributed by atoms with Gasteiger partial charge >= 0.3 is 11.9 Å². The molecule has 0 saturated heterocycles. The summed E-state index contributed by atoms with van der Waals surface area (Å²) in [6, 6.07) is 2.08. The fraction of sp³-hybridized carbons (Fsp3) is 0.643. The van der Waals surface area contributed by atoms with E-state index in [1.807, 2.05) is 6.08 Å². The Labute approximate surface area is 118 Å². The molecule has 0 bridgehead atoms. The molecule has 6 nitrogen and oxygen atoms in total. The fourth-order valence-corrected chi connectivity index (χ4v) is 1.89. The van der Waals surface area contributed by atoms with Gasteiger partial charge in [-0.15, -0.1) is 0 Å². The molecule has 6 heteroatoms. The molecular weight excluding hydrogens is 262 g/mol. The van der Waals surface area contributed by atoms with Crippen LogP contribution in [0, 0.1) is 11.3 Å². The van der Waals surface area contributed by atoms with Gasteiger partial charge in [0, 0.05) is 20.3 Å². The summed E-state index contributed by atoms with van der Waals surface area (Å²) in [5, 5.41) is 8.51. The zero-order chi connectivity index (χ0) is 15.0. The molecule has 20 heavy (non-hydrogen) atoms. The molecule has 110 valence electrons. The Morgan fingerprint density at radius 3 is 2.65 bits per heavy atom. The van der Waals surface area contributed by atoms with Gasteiger partial charge in [0.1, 0.15) is 18.8 Å². The summed E-state index contributed by atoms with van der Waals surface area (Å²) in [7, 11) is 0. The Morgan fingerprint density at radius 2 is 2.05 bits per heavy atom. The van der Waals surface area contributed by atoms with Crippen molar-refractivity contribution in [3.8, 4) is 6.07 Å². The molecule has 3 atom stereocenters. The molecular formula is C14H19NO5. The van der Waals surface area contributed by atoms with E-state index in [9.17, 15) is 9.59 Å². The van der Waals surface area contributed by atoms with Gasteiger partial charge < -0.3 is 14.2 Å². The number of esters is 2.